The number of halogens is 1. The van der Waals surface area contributed by atoms with Gasteiger partial charge in [0.25, 0.3) is 0 Å². The Bertz CT molecular complexity index is 1050. The highest BCUT2D eigenvalue weighted by atomic mass is 35.5. The van der Waals surface area contributed by atoms with E-state index in [1.807, 2.05) is 26.1 Å². The average molecular weight is 410 g/mol. The topological polar surface area (TPSA) is 39.1 Å². The number of ether oxygens (including phenoxy) is 1. The summed E-state index contributed by atoms with van der Waals surface area (Å²) in [5.74, 6) is 2.19. The molecule has 1 heterocycles. The molecule has 3 aromatic rings. The minimum atomic E-state index is 0.657. The van der Waals surface area contributed by atoms with Crippen molar-refractivity contribution in [3.8, 4) is 5.75 Å². The van der Waals surface area contributed by atoms with E-state index >= 15 is 0 Å². The molecule has 5 heteroatoms. The quantitative estimate of drug-likeness (QED) is 0.499. The first kappa shape index (κ1) is 19.8. The molecule has 29 heavy (non-hydrogen) atoms. The Morgan fingerprint density at radius 3 is 2.76 bits per heavy atom. The third kappa shape index (κ3) is 4.13. The second-order valence-electron chi connectivity index (χ2n) is 7.89. The van der Waals surface area contributed by atoms with Gasteiger partial charge in [-0.3, -0.25) is 0 Å². The summed E-state index contributed by atoms with van der Waals surface area (Å²) < 4.78 is 7.64. The molecule has 4 nitrogen and oxygen atoms in total. The zero-order valence-electron chi connectivity index (χ0n) is 17.3. The maximum absolute atomic E-state index is 6.18. The SMILES string of the molecule is COc1cc(Cl)cc(C)c1Nc1nc2cccc(C=CC3CCCCC3)c2n1C. The zero-order chi connectivity index (χ0) is 20.4. The van der Waals surface area contributed by atoms with Crippen LogP contribution in [-0.4, -0.2) is 16.7 Å². The molecule has 0 aliphatic heterocycles. The molecule has 0 bridgehead atoms. The van der Waals surface area contributed by atoms with Gasteiger partial charge >= 0.3 is 0 Å². The summed E-state index contributed by atoms with van der Waals surface area (Å²) in [5, 5.41) is 4.11. The van der Waals surface area contributed by atoms with Crippen LogP contribution in [0.5, 0.6) is 5.75 Å². The summed E-state index contributed by atoms with van der Waals surface area (Å²) in [7, 11) is 3.70. The fourth-order valence-electron chi connectivity index (χ4n) is 4.26. The monoisotopic (exact) mass is 409 g/mol. The lowest BCUT2D eigenvalue weighted by atomic mass is 9.89. The van der Waals surface area contributed by atoms with Gasteiger partial charge in [-0.15, -0.1) is 0 Å². The van der Waals surface area contributed by atoms with Crippen LogP contribution in [0.25, 0.3) is 17.1 Å². The van der Waals surface area contributed by atoms with Crippen molar-refractivity contribution in [2.45, 2.75) is 39.0 Å². The number of nitrogens with one attached hydrogen (secondary N) is 1. The lowest BCUT2D eigenvalue weighted by Crippen LogP contribution is -2.03. The van der Waals surface area contributed by atoms with Gasteiger partial charge in [-0.05, 0) is 43.4 Å². The van der Waals surface area contributed by atoms with Crippen LogP contribution in [0.4, 0.5) is 11.6 Å². The molecule has 0 spiro atoms. The van der Waals surface area contributed by atoms with E-state index in [0.29, 0.717) is 16.7 Å². The molecule has 1 aliphatic carbocycles. The van der Waals surface area contributed by atoms with E-state index in [2.05, 4.69) is 40.2 Å². The highest BCUT2D eigenvalue weighted by Crippen LogP contribution is 2.35. The van der Waals surface area contributed by atoms with Gasteiger partial charge in [0.1, 0.15) is 5.75 Å². The van der Waals surface area contributed by atoms with Crippen molar-refractivity contribution < 1.29 is 4.74 Å². The first-order valence-electron chi connectivity index (χ1n) is 10.3. The second kappa shape index (κ2) is 8.50. The van der Waals surface area contributed by atoms with Crippen LogP contribution in [0.15, 0.2) is 36.4 Å². The summed E-state index contributed by atoms with van der Waals surface area (Å²) in [6, 6.07) is 10.0. The molecule has 0 amide bonds. The molecule has 152 valence electrons. The summed E-state index contributed by atoms with van der Waals surface area (Å²) in [5.41, 5.74) is 5.21. The Morgan fingerprint density at radius 1 is 1.21 bits per heavy atom. The van der Waals surface area contributed by atoms with Gasteiger partial charge in [0.2, 0.25) is 5.95 Å². The Hall–Kier alpha value is -2.46. The highest BCUT2D eigenvalue weighted by molar-refractivity contribution is 6.31. The van der Waals surface area contributed by atoms with Gasteiger partial charge in [0.15, 0.2) is 0 Å². The zero-order valence-corrected chi connectivity index (χ0v) is 18.1. The Labute approximate surface area is 177 Å². The minimum Gasteiger partial charge on any atom is -0.495 e. The highest BCUT2D eigenvalue weighted by Gasteiger charge is 2.15. The Morgan fingerprint density at radius 2 is 2.00 bits per heavy atom. The maximum atomic E-state index is 6.18. The van der Waals surface area contributed by atoms with E-state index in [9.17, 15) is 0 Å². The molecule has 0 saturated heterocycles. The Kier molecular flexibility index (Phi) is 5.81. The number of nitrogens with zero attached hydrogens (tertiary/aromatic N) is 2. The number of para-hydroxylation sites is 1. The molecule has 1 aliphatic rings. The summed E-state index contributed by atoms with van der Waals surface area (Å²) in [6.45, 7) is 2.01. The molecule has 0 unspecified atom stereocenters. The molecule has 1 fully saturated rings. The van der Waals surface area contributed by atoms with E-state index in [1.54, 1.807) is 7.11 Å². The standard InChI is InChI=1S/C24H28ClN3O/c1-16-14-19(25)15-21(29-3)22(16)27-24-26-20-11-7-10-18(23(20)28(24)2)13-12-17-8-5-4-6-9-17/h7,10-15,17H,4-6,8-9H2,1-3H3,(H,26,27). The van der Waals surface area contributed by atoms with E-state index in [0.717, 1.165) is 28.2 Å². The van der Waals surface area contributed by atoms with Gasteiger partial charge in [-0.2, -0.15) is 0 Å². The third-order valence-electron chi connectivity index (χ3n) is 5.84. The van der Waals surface area contributed by atoms with Crippen LogP contribution in [-0.2, 0) is 7.05 Å². The number of benzene rings is 2. The number of methoxy groups -OCH3 is 1. The number of aromatic nitrogens is 2. The predicted molar refractivity (Wildman–Crippen MR) is 122 cm³/mol. The van der Waals surface area contributed by atoms with Gasteiger partial charge in [0.05, 0.1) is 23.8 Å². The largest absolute Gasteiger partial charge is 0.495 e. The van der Waals surface area contributed by atoms with Crippen molar-refractivity contribution in [3.05, 3.63) is 52.6 Å². The van der Waals surface area contributed by atoms with Gasteiger partial charge in [-0.25, -0.2) is 4.98 Å². The van der Waals surface area contributed by atoms with Gasteiger partial charge in [0, 0.05) is 23.7 Å². The number of anilines is 2. The van der Waals surface area contributed by atoms with Crippen LogP contribution < -0.4 is 10.1 Å². The number of aryl methyl sites for hydroxylation is 2. The van der Waals surface area contributed by atoms with Crippen LogP contribution in [0.2, 0.25) is 5.02 Å². The van der Waals surface area contributed by atoms with Crippen LogP contribution >= 0.6 is 11.6 Å². The van der Waals surface area contributed by atoms with Crippen molar-refractivity contribution in [1.82, 2.24) is 9.55 Å². The molecule has 1 saturated carbocycles. The second-order valence-corrected chi connectivity index (χ2v) is 8.33. The van der Waals surface area contributed by atoms with E-state index in [1.165, 1.54) is 37.7 Å². The first-order valence-corrected chi connectivity index (χ1v) is 10.7. The normalized spacial score (nSPS) is 15.3. The van der Waals surface area contributed by atoms with E-state index in [4.69, 9.17) is 21.3 Å². The number of imidazole rings is 1. The minimum absolute atomic E-state index is 0.657. The first-order chi connectivity index (χ1) is 14.1. The van der Waals surface area contributed by atoms with Crippen LogP contribution in [0.1, 0.15) is 43.2 Å². The fourth-order valence-corrected chi connectivity index (χ4v) is 4.52. The lowest BCUT2D eigenvalue weighted by molar-refractivity contribution is 0.416. The average Bonchev–Trinajstić information content (AvgIpc) is 3.05. The van der Waals surface area contributed by atoms with Gasteiger partial charge in [-0.1, -0.05) is 55.1 Å². The molecule has 1 N–H and O–H groups in total. The molecule has 1 aromatic heterocycles. The molecular weight excluding hydrogens is 382 g/mol. The van der Waals surface area contributed by atoms with Crippen molar-refractivity contribution in [3.63, 3.8) is 0 Å². The number of hydrogen-bond donors (Lipinski definition) is 1. The number of fused-ring (bicyclic) bond motifs is 1. The van der Waals surface area contributed by atoms with Gasteiger partial charge < -0.3 is 14.6 Å². The van der Waals surface area contributed by atoms with Crippen LogP contribution in [0.3, 0.4) is 0 Å². The molecule has 0 radical (unpaired) electrons. The summed E-state index contributed by atoms with van der Waals surface area (Å²) in [4.78, 5) is 4.83. The predicted octanol–water partition coefficient (Wildman–Crippen LogP) is 6.88. The molecule has 0 atom stereocenters. The maximum Gasteiger partial charge on any atom is 0.208 e. The van der Waals surface area contributed by atoms with E-state index < -0.39 is 0 Å². The third-order valence-corrected chi connectivity index (χ3v) is 6.06. The number of hydrogen-bond acceptors (Lipinski definition) is 3. The smallest absolute Gasteiger partial charge is 0.208 e. The Balaban J connectivity index is 1.69. The number of rotatable bonds is 5. The molecule has 4 rings (SSSR count). The molecule has 2 aromatic carbocycles. The molecular formula is C24H28ClN3O. The van der Waals surface area contributed by atoms with Crippen molar-refractivity contribution >= 4 is 40.3 Å². The lowest BCUT2D eigenvalue weighted by Gasteiger charge is -2.17. The van der Waals surface area contributed by atoms with Crippen molar-refractivity contribution in [1.29, 1.82) is 0 Å². The number of allylic oxidation sites excluding steroid dienone is 1. The van der Waals surface area contributed by atoms with Crippen molar-refractivity contribution in [2.75, 3.05) is 12.4 Å². The summed E-state index contributed by atoms with van der Waals surface area (Å²) in [6.07, 6.45) is 11.4. The fraction of sp³-hybridized carbons (Fsp3) is 0.375. The van der Waals surface area contributed by atoms with Crippen LogP contribution in [0, 0.1) is 12.8 Å². The summed E-state index contributed by atoms with van der Waals surface area (Å²) >= 11 is 6.18. The van der Waals surface area contributed by atoms with Crippen molar-refractivity contribution in [2.24, 2.45) is 13.0 Å². The van der Waals surface area contributed by atoms with E-state index in [-0.39, 0.29) is 0 Å².